The van der Waals surface area contributed by atoms with E-state index in [1.54, 1.807) is 17.8 Å². The minimum absolute atomic E-state index is 0.0166. The molecule has 1 aromatic carbocycles. The van der Waals surface area contributed by atoms with Crippen LogP contribution in [-0.4, -0.2) is 26.8 Å². The number of nitrogens with zero attached hydrogens (tertiary/aromatic N) is 3. The Bertz CT molecular complexity index is 902. The molecule has 0 saturated heterocycles. The molecule has 0 radical (unpaired) electrons. The molecule has 0 aliphatic heterocycles. The summed E-state index contributed by atoms with van der Waals surface area (Å²) in [4.78, 5) is 16.9. The molecule has 0 saturated carbocycles. The zero-order chi connectivity index (χ0) is 18.7. The fourth-order valence-corrected chi connectivity index (χ4v) is 3.17. The standard InChI is InChI=1S/C18H19ClN4O2S/c1-11(2)25-17-8-14(22-23(17)3)18(24)20-9-16-21-15(10-26-16)12-4-6-13(19)7-5-12/h4-8,10-11H,9H2,1-3H3,(H,20,24). The number of nitrogens with one attached hydrogen (secondary N) is 1. The second-order valence-electron chi connectivity index (χ2n) is 5.97. The summed E-state index contributed by atoms with van der Waals surface area (Å²) in [6.45, 7) is 4.19. The summed E-state index contributed by atoms with van der Waals surface area (Å²) in [5.41, 5.74) is 2.17. The van der Waals surface area contributed by atoms with Crippen molar-refractivity contribution in [3.8, 4) is 17.1 Å². The Morgan fingerprint density at radius 3 is 2.77 bits per heavy atom. The third-order valence-electron chi connectivity index (χ3n) is 3.52. The van der Waals surface area contributed by atoms with Crippen molar-refractivity contribution in [3.63, 3.8) is 0 Å². The van der Waals surface area contributed by atoms with Gasteiger partial charge in [0.05, 0.1) is 18.3 Å². The van der Waals surface area contributed by atoms with Crippen LogP contribution < -0.4 is 10.1 Å². The number of aromatic nitrogens is 3. The van der Waals surface area contributed by atoms with Crippen LogP contribution in [0.1, 0.15) is 29.3 Å². The van der Waals surface area contributed by atoms with Gasteiger partial charge in [-0.25, -0.2) is 9.67 Å². The van der Waals surface area contributed by atoms with Gasteiger partial charge in [0.2, 0.25) is 5.88 Å². The summed E-state index contributed by atoms with van der Waals surface area (Å²) in [6.07, 6.45) is 0.0166. The molecule has 0 unspecified atom stereocenters. The van der Waals surface area contributed by atoms with E-state index < -0.39 is 0 Å². The topological polar surface area (TPSA) is 69.0 Å². The quantitative estimate of drug-likeness (QED) is 0.692. The van der Waals surface area contributed by atoms with E-state index in [-0.39, 0.29) is 12.0 Å². The first-order chi connectivity index (χ1) is 12.4. The van der Waals surface area contributed by atoms with Crippen molar-refractivity contribution >= 4 is 28.8 Å². The Morgan fingerprint density at radius 1 is 1.35 bits per heavy atom. The Hall–Kier alpha value is -2.38. The van der Waals surface area contributed by atoms with Crippen LogP contribution in [-0.2, 0) is 13.6 Å². The number of hydrogen-bond donors (Lipinski definition) is 1. The highest BCUT2D eigenvalue weighted by atomic mass is 35.5. The van der Waals surface area contributed by atoms with Gasteiger partial charge in [-0.2, -0.15) is 5.10 Å². The molecule has 0 spiro atoms. The van der Waals surface area contributed by atoms with E-state index in [1.807, 2.05) is 43.5 Å². The number of ether oxygens (including phenoxy) is 1. The van der Waals surface area contributed by atoms with E-state index >= 15 is 0 Å². The summed E-state index contributed by atoms with van der Waals surface area (Å²) in [5.74, 6) is 0.298. The third kappa shape index (κ3) is 4.42. The molecular formula is C18H19ClN4O2S. The van der Waals surface area contributed by atoms with Crippen LogP contribution in [0.4, 0.5) is 0 Å². The lowest BCUT2D eigenvalue weighted by atomic mass is 10.2. The molecule has 0 fully saturated rings. The predicted molar refractivity (Wildman–Crippen MR) is 103 cm³/mol. The molecule has 2 heterocycles. The number of aryl methyl sites for hydroxylation is 1. The number of amides is 1. The number of carbonyl (C=O) groups excluding carboxylic acids is 1. The minimum Gasteiger partial charge on any atom is -0.475 e. The van der Waals surface area contributed by atoms with Crippen LogP contribution in [0.5, 0.6) is 5.88 Å². The van der Waals surface area contributed by atoms with Gasteiger partial charge in [-0.3, -0.25) is 4.79 Å². The van der Waals surface area contributed by atoms with Crippen LogP contribution >= 0.6 is 22.9 Å². The smallest absolute Gasteiger partial charge is 0.272 e. The maximum atomic E-state index is 12.3. The SMILES string of the molecule is CC(C)Oc1cc(C(=O)NCc2nc(-c3ccc(Cl)cc3)cs2)nn1C. The molecule has 0 aliphatic carbocycles. The fraction of sp³-hybridized carbons (Fsp3) is 0.278. The number of benzene rings is 1. The first-order valence-corrected chi connectivity index (χ1v) is 9.37. The molecule has 8 heteroatoms. The lowest BCUT2D eigenvalue weighted by Gasteiger charge is -2.07. The third-order valence-corrected chi connectivity index (χ3v) is 4.62. The maximum Gasteiger partial charge on any atom is 0.272 e. The van der Waals surface area contributed by atoms with Gasteiger partial charge >= 0.3 is 0 Å². The zero-order valence-corrected chi connectivity index (χ0v) is 16.3. The molecule has 2 aromatic heterocycles. The molecule has 26 heavy (non-hydrogen) atoms. The van der Waals surface area contributed by atoms with Gasteiger partial charge in [0.15, 0.2) is 5.69 Å². The lowest BCUT2D eigenvalue weighted by molar-refractivity contribution is 0.0945. The fourth-order valence-electron chi connectivity index (χ4n) is 2.30. The van der Waals surface area contributed by atoms with E-state index in [0.29, 0.717) is 23.1 Å². The normalized spacial score (nSPS) is 11.0. The van der Waals surface area contributed by atoms with Crippen molar-refractivity contribution in [1.29, 1.82) is 0 Å². The van der Waals surface area contributed by atoms with Crippen LogP contribution in [0.3, 0.4) is 0 Å². The van der Waals surface area contributed by atoms with Gasteiger partial charge in [-0.1, -0.05) is 23.7 Å². The van der Waals surface area contributed by atoms with Gasteiger partial charge in [0.25, 0.3) is 5.91 Å². The second kappa shape index (κ2) is 7.88. The first kappa shape index (κ1) is 18.4. The molecule has 3 rings (SSSR count). The van der Waals surface area contributed by atoms with Crippen molar-refractivity contribution in [2.75, 3.05) is 0 Å². The largest absolute Gasteiger partial charge is 0.475 e. The Kier molecular flexibility index (Phi) is 5.58. The molecule has 0 aliphatic rings. The Labute approximate surface area is 160 Å². The van der Waals surface area contributed by atoms with E-state index in [2.05, 4.69) is 15.4 Å². The van der Waals surface area contributed by atoms with Crippen molar-refractivity contribution in [2.24, 2.45) is 7.05 Å². The number of hydrogen-bond acceptors (Lipinski definition) is 5. The summed E-state index contributed by atoms with van der Waals surface area (Å²) in [7, 11) is 1.74. The monoisotopic (exact) mass is 390 g/mol. The van der Waals surface area contributed by atoms with Gasteiger partial charge in [-0.05, 0) is 26.0 Å². The van der Waals surface area contributed by atoms with Gasteiger partial charge in [-0.15, -0.1) is 11.3 Å². The zero-order valence-electron chi connectivity index (χ0n) is 14.7. The minimum atomic E-state index is -0.262. The number of carbonyl (C=O) groups is 1. The first-order valence-electron chi connectivity index (χ1n) is 8.11. The van der Waals surface area contributed by atoms with E-state index in [1.165, 1.54) is 11.3 Å². The molecule has 136 valence electrons. The van der Waals surface area contributed by atoms with Crippen LogP contribution in [0, 0.1) is 0 Å². The molecule has 0 bridgehead atoms. The van der Waals surface area contributed by atoms with E-state index in [4.69, 9.17) is 16.3 Å². The van der Waals surface area contributed by atoms with Gasteiger partial charge in [0.1, 0.15) is 5.01 Å². The number of thiazole rings is 1. The van der Waals surface area contributed by atoms with Crippen molar-refractivity contribution < 1.29 is 9.53 Å². The maximum absolute atomic E-state index is 12.3. The molecule has 1 amide bonds. The highest BCUT2D eigenvalue weighted by Gasteiger charge is 2.15. The Balaban J connectivity index is 1.62. The number of rotatable bonds is 6. The summed E-state index contributed by atoms with van der Waals surface area (Å²) in [6, 6.07) is 9.13. The highest BCUT2D eigenvalue weighted by molar-refractivity contribution is 7.09. The second-order valence-corrected chi connectivity index (χ2v) is 7.35. The van der Waals surface area contributed by atoms with Crippen LogP contribution in [0.2, 0.25) is 5.02 Å². The van der Waals surface area contributed by atoms with Crippen LogP contribution in [0.25, 0.3) is 11.3 Å². The van der Waals surface area contributed by atoms with Crippen molar-refractivity contribution in [1.82, 2.24) is 20.1 Å². The summed E-state index contributed by atoms with van der Waals surface area (Å²) in [5, 5.41) is 10.5. The molecular weight excluding hydrogens is 372 g/mol. The average molecular weight is 391 g/mol. The summed E-state index contributed by atoms with van der Waals surface area (Å²) >= 11 is 7.40. The lowest BCUT2D eigenvalue weighted by Crippen LogP contribution is -2.23. The Morgan fingerprint density at radius 2 is 2.08 bits per heavy atom. The van der Waals surface area contributed by atoms with Gasteiger partial charge < -0.3 is 10.1 Å². The molecule has 6 nitrogen and oxygen atoms in total. The van der Waals surface area contributed by atoms with E-state index in [9.17, 15) is 4.79 Å². The highest BCUT2D eigenvalue weighted by Crippen LogP contribution is 2.23. The average Bonchev–Trinajstić information content (AvgIpc) is 3.20. The number of halogens is 1. The molecule has 3 aromatic rings. The van der Waals surface area contributed by atoms with Crippen molar-refractivity contribution in [3.05, 3.63) is 51.4 Å². The molecule has 1 N–H and O–H groups in total. The summed E-state index contributed by atoms with van der Waals surface area (Å²) < 4.78 is 7.15. The van der Waals surface area contributed by atoms with Crippen LogP contribution in [0.15, 0.2) is 35.7 Å². The van der Waals surface area contributed by atoms with Crippen molar-refractivity contribution in [2.45, 2.75) is 26.5 Å². The van der Waals surface area contributed by atoms with Gasteiger partial charge in [0, 0.05) is 29.1 Å². The van der Waals surface area contributed by atoms with E-state index in [0.717, 1.165) is 16.3 Å². The molecule has 0 atom stereocenters. The predicted octanol–water partition coefficient (Wildman–Crippen LogP) is 3.91.